The fourth-order valence-corrected chi connectivity index (χ4v) is 5.76. The predicted octanol–water partition coefficient (Wildman–Crippen LogP) is 3.19. The number of anilines is 2. The van der Waals surface area contributed by atoms with Gasteiger partial charge in [-0.15, -0.1) is 0 Å². The van der Waals surface area contributed by atoms with Gasteiger partial charge in [-0.05, 0) is 68.9 Å². The van der Waals surface area contributed by atoms with E-state index in [1.54, 1.807) is 23.0 Å². The molecule has 4 rings (SSSR count). The number of amides is 1. The smallest absolute Gasteiger partial charge is 0.281 e. The molecule has 10 nitrogen and oxygen atoms in total. The van der Waals surface area contributed by atoms with Gasteiger partial charge >= 0.3 is 0 Å². The molecule has 0 aromatic carbocycles. The average Bonchev–Trinajstić information content (AvgIpc) is 3.34. The van der Waals surface area contributed by atoms with Gasteiger partial charge in [0, 0.05) is 24.0 Å². The molecule has 4 heterocycles. The van der Waals surface area contributed by atoms with Gasteiger partial charge in [-0.1, -0.05) is 26.8 Å². The number of nitrogens with zero attached hydrogens (tertiary/aromatic N) is 5. The number of pyridine rings is 2. The summed E-state index contributed by atoms with van der Waals surface area (Å²) in [5, 5.41) is 4.13. The van der Waals surface area contributed by atoms with E-state index in [1.165, 1.54) is 18.2 Å². The van der Waals surface area contributed by atoms with Crippen molar-refractivity contribution in [2.24, 2.45) is 11.8 Å². The van der Waals surface area contributed by atoms with Crippen LogP contribution in [-0.4, -0.2) is 46.2 Å². The van der Waals surface area contributed by atoms with Gasteiger partial charge in [-0.3, -0.25) is 4.79 Å². The molecule has 0 unspecified atom stereocenters. The molecule has 3 N–H and O–H groups in total. The van der Waals surface area contributed by atoms with Crippen molar-refractivity contribution in [2.45, 2.75) is 58.0 Å². The number of nitrogens with one attached hydrogen (secondary N) is 1. The first-order chi connectivity index (χ1) is 16.9. The average molecular weight is 512 g/mol. The molecule has 1 saturated heterocycles. The number of aromatic nitrogens is 4. The normalized spacial score (nSPS) is 17.5. The van der Waals surface area contributed by atoms with E-state index in [1.807, 2.05) is 6.07 Å². The Balaban J connectivity index is 1.77. The molecule has 0 bridgehead atoms. The Morgan fingerprint density at radius 2 is 1.94 bits per heavy atom. The van der Waals surface area contributed by atoms with Crippen molar-refractivity contribution in [1.29, 1.82) is 0 Å². The molecule has 36 heavy (non-hydrogen) atoms. The molecule has 1 aliphatic rings. The first-order valence-corrected chi connectivity index (χ1v) is 13.5. The van der Waals surface area contributed by atoms with Gasteiger partial charge in [-0.2, -0.15) is 13.5 Å². The summed E-state index contributed by atoms with van der Waals surface area (Å²) in [6, 6.07) is 9.47. The summed E-state index contributed by atoms with van der Waals surface area (Å²) in [7, 11) is -4.24. The maximum Gasteiger partial charge on any atom is 0.281 e. The molecule has 192 valence electrons. The minimum atomic E-state index is -4.24. The van der Waals surface area contributed by atoms with E-state index in [4.69, 9.17) is 10.7 Å². The van der Waals surface area contributed by atoms with E-state index in [9.17, 15) is 13.2 Å². The van der Waals surface area contributed by atoms with Crippen molar-refractivity contribution in [3.8, 4) is 5.82 Å². The second kappa shape index (κ2) is 9.53. The van der Waals surface area contributed by atoms with E-state index >= 15 is 0 Å². The van der Waals surface area contributed by atoms with Crippen LogP contribution in [0.3, 0.4) is 0 Å². The van der Waals surface area contributed by atoms with Crippen LogP contribution in [0.25, 0.3) is 5.82 Å². The second-order valence-electron chi connectivity index (χ2n) is 10.4. The first-order valence-electron chi connectivity index (χ1n) is 12.0. The van der Waals surface area contributed by atoms with Crippen molar-refractivity contribution in [1.82, 2.24) is 24.5 Å². The maximum atomic E-state index is 13.4. The zero-order chi connectivity index (χ0) is 26.3. The van der Waals surface area contributed by atoms with Crippen LogP contribution in [0.2, 0.25) is 0 Å². The van der Waals surface area contributed by atoms with Gasteiger partial charge in [0.2, 0.25) is 0 Å². The fraction of sp³-hybridized carbons (Fsp3) is 0.440. The summed E-state index contributed by atoms with van der Waals surface area (Å²) in [4.78, 5) is 24.1. The Morgan fingerprint density at radius 3 is 2.58 bits per heavy atom. The summed E-state index contributed by atoms with van der Waals surface area (Å²) in [6.07, 6.45) is 3.45. The van der Waals surface area contributed by atoms with Crippen LogP contribution < -0.4 is 15.4 Å². The molecular formula is C25H33N7O3S. The molecule has 0 saturated carbocycles. The number of nitrogens with two attached hydrogens (primary N) is 1. The number of carbonyl (C=O) groups excluding carboxylic acids is 1. The van der Waals surface area contributed by atoms with Gasteiger partial charge in [0.05, 0.1) is 5.56 Å². The van der Waals surface area contributed by atoms with E-state index in [0.29, 0.717) is 30.0 Å². The molecule has 1 atom stereocenters. The molecule has 0 aliphatic carbocycles. The Labute approximate surface area is 212 Å². The Hall–Kier alpha value is -3.47. The summed E-state index contributed by atoms with van der Waals surface area (Å²) in [6.45, 7) is 11.3. The number of hydrogen-bond acceptors (Lipinski definition) is 8. The van der Waals surface area contributed by atoms with Crippen LogP contribution >= 0.6 is 0 Å². The maximum absolute atomic E-state index is 13.4. The standard InChI is InChI=1S/C25H33N7O3S/c1-16(2)13-18-11-12-27-32(18)21-10-9-19(23(29-21)31-15-17(3)14-25(31,4)5)24(33)30-36(34,35)22-8-6-7-20(26)28-22/h6-12,16-17H,13-15H2,1-5H3,(H2,26,28)(H,30,33)/t17-/m0/s1. The Morgan fingerprint density at radius 1 is 1.19 bits per heavy atom. The van der Waals surface area contributed by atoms with Crippen LogP contribution in [0, 0.1) is 11.8 Å². The predicted molar refractivity (Wildman–Crippen MR) is 138 cm³/mol. The monoisotopic (exact) mass is 511 g/mol. The topological polar surface area (TPSA) is 136 Å². The highest BCUT2D eigenvalue weighted by Gasteiger charge is 2.39. The zero-order valence-corrected chi connectivity index (χ0v) is 22.1. The lowest BCUT2D eigenvalue weighted by atomic mass is 9.97. The van der Waals surface area contributed by atoms with Gasteiger partial charge < -0.3 is 10.6 Å². The Bertz CT molecular complexity index is 1380. The molecule has 0 radical (unpaired) electrons. The molecule has 1 aliphatic heterocycles. The molecule has 1 fully saturated rings. The van der Waals surface area contributed by atoms with E-state index in [0.717, 1.165) is 18.5 Å². The lowest BCUT2D eigenvalue weighted by molar-refractivity contribution is 0.0981. The summed E-state index contributed by atoms with van der Waals surface area (Å²) < 4.78 is 29.7. The zero-order valence-electron chi connectivity index (χ0n) is 21.3. The number of hydrogen-bond donors (Lipinski definition) is 2. The van der Waals surface area contributed by atoms with Crippen LogP contribution in [0.1, 0.15) is 57.1 Å². The number of rotatable bonds is 7. The highest BCUT2D eigenvalue weighted by atomic mass is 32.2. The van der Waals surface area contributed by atoms with Crippen LogP contribution in [0.5, 0.6) is 0 Å². The van der Waals surface area contributed by atoms with Crippen molar-refractivity contribution < 1.29 is 13.2 Å². The minimum Gasteiger partial charge on any atom is -0.384 e. The lowest BCUT2D eigenvalue weighted by Crippen LogP contribution is -2.41. The van der Waals surface area contributed by atoms with Gasteiger partial charge in [0.25, 0.3) is 15.9 Å². The molecule has 11 heteroatoms. The lowest BCUT2D eigenvalue weighted by Gasteiger charge is -2.34. The molecule has 1 amide bonds. The second-order valence-corrected chi connectivity index (χ2v) is 12.1. The quantitative estimate of drug-likeness (QED) is 0.494. The van der Waals surface area contributed by atoms with Gasteiger partial charge in [0.1, 0.15) is 11.6 Å². The van der Waals surface area contributed by atoms with Crippen molar-refractivity contribution >= 4 is 27.6 Å². The summed E-state index contributed by atoms with van der Waals surface area (Å²) >= 11 is 0. The van der Waals surface area contributed by atoms with Crippen molar-refractivity contribution in [3.63, 3.8) is 0 Å². The number of nitrogen functional groups attached to an aromatic ring is 1. The van der Waals surface area contributed by atoms with Crippen LogP contribution in [0.4, 0.5) is 11.6 Å². The first kappa shape index (κ1) is 25.6. The summed E-state index contributed by atoms with van der Waals surface area (Å²) in [5.74, 6) is 1.05. The van der Waals surface area contributed by atoms with Crippen molar-refractivity contribution in [3.05, 3.63) is 53.9 Å². The van der Waals surface area contributed by atoms with E-state index in [2.05, 4.69) is 54.3 Å². The third-order valence-electron chi connectivity index (χ3n) is 6.24. The minimum absolute atomic E-state index is 0.0428. The third kappa shape index (κ3) is 5.20. The van der Waals surface area contributed by atoms with Gasteiger partial charge in [0.15, 0.2) is 10.8 Å². The molecule has 0 spiro atoms. The highest BCUT2D eigenvalue weighted by Crippen LogP contribution is 2.37. The summed E-state index contributed by atoms with van der Waals surface area (Å²) in [5.41, 5.74) is 6.52. The SMILES string of the molecule is CC(C)Cc1ccnn1-c1ccc(C(=O)NS(=O)(=O)c2cccc(N)n2)c(N2C[C@@H](C)CC2(C)C)n1. The highest BCUT2D eigenvalue weighted by molar-refractivity contribution is 7.90. The molecular weight excluding hydrogens is 478 g/mol. The molecule has 3 aromatic heterocycles. The van der Waals surface area contributed by atoms with Crippen LogP contribution in [-0.2, 0) is 16.4 Å². The number of sulfonamides is 1. The van der Waals surface area contributed by atoms with E-state index < -0.39 is 15.9 Å². The van der Waals surface area contributed by atoms with Crippen molar-refractivity contribution in [2.75, 3.05) is 17.2 Å². The van der Waals surface area contributed by atoms with Crippen LogP contribution in [0.15, 0.2) is 47.6 Å². The van der Waals surface area contributed by atoms with E-state index in [-0.39, 0.29) is 21.9 Å². The molecule has 3 aromatic rings. The largest absolute Gasteiger partial charge is 0.384 e. The Kier molecular flexibility index (Phi) is 6.78. The fourth-order valence-electron chi connectivity index (χ4n) is 4.82. The third-order valence-corrected chi connectivity index (χ3v) is 7.47. The van der Waals surface area contributed by atoms with Gasteiger partial charge in [-0.25, -0.2) is 19.4 Å². The number of carbonyl (C=O) groups is 1.